The second-order valence-corrected chi connectivity index (χ2v) is 6.00. The van der Waals surface area contributed by atoms with Gasteiger partial charge in [-0.15, -0.1) is 0 Å². The number of likely N-dealkylation sites (tertiary alicyclic amines) is 1. The summed E-state index contributed by atoms with van der Waals surface area (Å²) in [6.45, 7) is 2.79. The van der Waals surface area contributed by atoms with E-state index in [4.69, 9.17) is 4.74 Å². The Balaban J connectivity index is 1.79. The van der Waals surface area contributed by atoms with Crippen LogP contribution in [0.3, 0.4) is 0 Å². The van der Waals surface area contributed by atoms with Crippen LogP contribution in [0.5, 0.6) is 5.75 Å². The average Bonchev–Trinajstić information content (AvgIpc) is 2.59. The zero-order chi connectivity index (χ0) is 16.4. The lowest BCUT2D eigenvalue weighted by Gasteiger charge is -2.47. The molecule has 0 spiro atoms. The maximum atomic E-state index is 12.7. The summed E-state index contributed by atoms with van der Waals surface area (Å²) < 4.78 is 5.16. The van der Waals surface area contributed by atoms with Crippen LogP contribution in [0.25, 0.3) is 0 Å². The molecule has 3 rings (SSSR count). The van der Waals surface area contributed by atoms with Crippen LogP contribution in [-0.2, 0) is 4.79 Å². The van der Waals surface area contributed by atoms with Crippen LogP contribution in [0.1, 0.15) is 30.2 Å². The van der Waals surface area contributed by atoms with Crippen molar-refractivity contribution in [1.29, 1.82) is 0 Å². The van der Waals surface area contributed by atoms with Gasteiger partial charge < -0.3 is 14.7 Å². The van der Waals surface area contributed by atoms with Gasteiger partial charge in [0.1, 0.15) is 5.75 Å². The second-order valence-electron chi connectivity index (χ2n) is 6.00. The average molecular weight is 311 g/mol. The minimum Gasteiger partial charge on any atom is -0.497 e. The number of ether oxygens (including phenoxy) is 1. The molecule has 4 heteroatoms. The highest BCUT2D eigenvalue weighted by Gasteiger charge is 2.42. The van der Waals surface area contributed by atoms with Crippen LogP contribution in [0.4, 0.5) is 0 Å². The van der Waals surface area contributed by atoms with Crippen LogP contribution in [-0.4, -0.2) is 29.6 Å². The molecule has 1 fully saturated rings. The van der Waals surface area contributed by atoms with E-state index < -0.39 is 6.10 Å². The van der Waals surface area contributed by atoms with Crippen molar-refractivity contribution in [1.82, 2.24) is 4.90 Å². The number of rotatable bonds is 4. The highest BCUT2D eigenvalue weighted by molar-refractivity contribution is 5.83. The van der Waals surface area contributed by atoms with Crippen LogP contribution < -0.4 is 4.74 Å². The van der Waals surface area contributed by atoms with E-state index in [1.54, 1.807) is 36.3 Å². The van der Waals surface area contributed by atoms with Gasteiger partial charge >= 0.3 is 0 Å². The minimum absolute atomic E-state index is 0.0314. The van der Waals surface area contributed by atoms with Crippen molar-refractivity contribution in [3.63, 3.8) is 0 Å². The topological polar surface area (TPSA) is 49.8 Å². The van der Waals surface area contributed by atoms with Gasteiger partial charge in [0.25, 0.3) is 5.91 Å². The number of amides is 1. The Hall–Kier alpha value is -2.33. The van der Waals surface area contributed by atoms with Gasteiger partial charge in [0.2, 0.25) is 0 Å². The van der Waals surface area contributed by atoms with Crippen molar-refractivity contribution in [2.24, 2.45) is 5.92 Å². The van der Waals surface area contributed by atoms with E-state index in [1.807, 2.05) is 30.3 Å². The SMILES string of the molecule is COc1cccc(C(O)C(=O)N2CC(C)C2c2ccccc2)c1. The zero-order valence-electron chi connectivity index (χ0n) is 13.3. The standard InChI is InChI=1S/C19H21NO3/c1-13-12-20(17(13)14-7-4-3-5-8-14)19(22)18(21)15-9-6-10-16(11-15)23-2/h3-11,13,17-18,21H,12H2,1-2H3. The van der Waals surface area contributed by atoms with E-state index in [2.05, 4.69) is 6.92 Å². The van der Waals surface area contributed by atoms with Gasteiger partial charge in [-0.25, -0.2) is 0 Å². The molecule has 1 saturated heterocycles. The van der Waals surface area contributed by atoms with E-state index in [0.29, 0.717) is 23.8 Å². The minimum atomic E-state index is -1.16. The van der Waals surface area contributed by atoms with Gasteiger partial charge in [-0.1, -0.05) is 49.4 Å². The first-order valence-electron chi connectivity index (χ1n) is 7.79. The molecule has 4 nitrogen and oxygen atoms in total. The number of carbonyl (C=O) groups is 1. The summed E-state index contributed by atoms with van der Waals surface area (Å²) >= 11 is 0. The van der Waals surface area contributed by atoms with Crippen molar-refractivity contribution >= 4 is 5.91 Å². The molecule has 1 heterocycles. The summed E-state index contributed by atoms with van der Waals surface area (Å²) in [5, 5.41) is 10.4. The molecule has 2 aromatic carbocycles. The first-order chi connectivity index (χ1) is 11.1. The monoisotopic (exact) mass is 311 g/mol. The summed E-state index contributed by atoms with van der Waals surface area (Å²) in [5.41, 5.74) is 1.66. The Morgan fingerprint density at radius 2 is 1.96 bits per heavy atom. The van der Waals surface area contributed by atoms with Crippen LogP contribution in [0.15, 0.2) is 54.6 Å². The first kappa shape index (κ1) is 15.6. The number of hydrogen-bond acceptors (Lipinski definition) is 3. The predicted octanol–water partition coefficient (Wildman–Crippen LogP) is 2.95. The molecule has 0 aliphatic carbocycles. The Bertz CT molecular complexity index is 686. The molecule has 2 aromatic rings. The molecule has 3 unspecified atom stereocenters. The Morgan fingerprint density at radius 3 is 2.61 bits per heavy atom. The number of carbonyl (C=O) groups excluding carboxylic acids is 1. The normalized spacial score (nSPS) is 21.4. The fourth-order valence-electron chi connectivity index (χ4n) is 3.19. The summed E-state index contributed by atoms with van der Waals surface area (Å²) in [7, 11) is 1.57. The first-order valence-corrected chi connectivity index (χ1v) is 7.79. The van der Waals surface area contributed by atoms with Gasteiger partial charge in [0, 0.05) is 6.54 Å². The summed E-state index contributed by atoms with van der Waals surface area (Å²) in [5.74, 6) is 0.759. The molecule has 1 aliphatic heterocycles. The summed E-state index contributed by atoms with van der Waals surface area (Å²) in [6.07, 6.45) is -1.16. The zero-order valence-corrected chi connectivity index (χ0v) is 13.3. The Labute approximate surface area is 136 Å². The quantitative estimate of drug-likeness (QED) is 0.944. The molecule has 0 aromatic heterocycles. The molecule has 23 heavy (non-hydrogen) atoms. The number of benzene rings is 2. The number of aliphatic hydroxyl groups excluding tert-OH is 1. The van der Waals surface area contributed by atoms with Crippen LogP contribution in [0, 0.1) is 5.92 Å². The number of aliphatic hydroxyl groups is 1. The van der Waals surface area contributed by atoms with Gasteiger partial charge in [0.05, 0.1) is 13.2 Å². The third-order valence-corrected chi connectivity index (χ3v) is 4.43. The number of methoxy groups -OCH3 is 1. The van der Waals surface area contributed by atoms with Crippen LogP contribution >= 0.6 is 0 Å². The van der Waals surface area contributed by atoms with E-state index in [0.717, 1.165) is 5.56 Å². The molecular formula is C19H21NO3. The predicted molar refractivity (Wildman–Crippen MR) is 88.0 cm³/mol. The van der Waals surface area contributed by atoms with Gasteiger partial charge in [-0.05, 0) is 29.2 Å². The summed E-state index contributed by atoms with van der Waals surface area (Å²) in [4.78, 5) is 14.4. The van der Waals surface area contributed by atoms with E-state index in [9.17, 15) is 9.90 Å². The lowest BCUT2D eigenvalue weighted by atomic mass is 9.84. The molecule has 1 amide bonds. The third-order valence-electron chi connectivity index (χ3n) is 4.43. The molecule has 120 valence electrons. The smallest absolute Gasteiger partial charge is 0.256 e. The van der Waals surface area contributed by atoms with Crippen molar-refractivity contribution in [3.8, 4) is 5.75 Å². The summed E-state index contributed by atoms with van der Waals surface area (Å²) in [6, 6.07) is 17.0. The second kappa shape index (κ2) is 6.42. The molecule has 1 N–H and O–H groups in total. The van der Waals surface area contributed by atoms with Gasteiger partial charge in [0.15, 0.2) is 6.10 Å². The van der Waals surface area contributed by atoms with Crippen molar-refractivity contribution < 1.29 is 14.6 Å². The van der Waals surface area contributed by atoms with Crippen molar-refractivity contribution in [2.75, 3.05) is 13.7 Å². The Kier molecular flexibility index (Phi) is 4.35. The van der Waals surface area contributed by atoms with Gasteiger partial charge in [-0.2, -0.15) is 0 Å². The lowest BCUT2D eigenvalue weighted by molar-refractivity contribution is -0.153. The molecule has 3 atom stereocenters. The molecule has 0 saturated carbocycles. The number of nitrogens with zero attached hydrogens (tertiary/aromatic N) is 1. The molecule has 0 radical (unpaired) electrons. The lowest BCUT2D eigenvalue weighted by Crippen LogP contribution is -2.53. The fraction of sp³-hybridized carbons (Fsp3) is 0.316. The number of hydrogen-bond donors (Lipinski definition) is 1. The van der Waals surface area contributed by atoms with Crippen molar-refractivity contribution in [2.45, 2.75) is 19.1 Å². The maximum Gasteiger partial charge on any atom is 0.256 e. The highest BCUT2D eigenvalue weighted by Crippen LogP contribution is 2.40. The van der Waals surface area contributed by atoms with Gasteiger partial charge in [-0.3, -0.25) is 4.79 Å². The Morgan fingerprint density at radius 1 is 1.22 bits per heavy atom. The van der Waals surface area contributed by atoms with E-state index in [1.165, 1.54) is 0 Å². The third kappa shape index (κ3) is 2.94. The molecule has 1 aliphatic rings. The maximum absolute atomic E-state index is 12.7. The molecular weight excluding hydrogens is 290 g/mol. The fourth-order valence-corrected chi connectivity index (χ4v) is 3.19. The van der Waals surface area contributed by atoms with E-state index in [-0.39, 0.29) is 11.9 Å². The largest absolute Gasteiger partial charge is 0.497 e. The molecule has 0 bridgehead atoms. The van der Waals surface area contributed by atoms with Crippen LogP contribution in [0.2, 0.25) is 0 Å². The highest BCUT2D eigenvalue weighted by atomic mass is 16.5. The van der Waals surface area contributed by atoms with E-state index >= 15 is 0 Å². The van der Waals surface area contributed by atoms with Crippen molar-refractivity contribution in [3.05, 3.63) is 65.7 Å².